The maximum Gasteiger partial charge on any atom is 0.336 e. The molecule has 0 bridgehead atoms. The first-order valence-corrected chi connectivity index (χ1v) is 6.33. The van der Waals surface area contributed by atoms with Gasteiger partial charge in [-0.2, -0.15) is 0 Å². The summed E-state index contributed by atoms with van der Waals surface area (Å²) in [6.07, 6.45) is -0.592. The first-order chi connectivity index (χ1) is 9.10. The number of carbonyl (C=O) groups is 1. The minimum atomic E-state index is -0.592. The Balaban J connectivity index is 2.02. The Hall–Kier alpha value is -1.17. The molecule has 0 unspecified atom stereocenters. The molecule has 0 spiro atoms. The smallest absolute Gasteiger partial charge is 0.336 e. The largest absolute Gasteiger partial charge is 0.467 e. The van der Waals surface area contributed by atoms with Crippen LogP contribution in [-0.2, 0) is 20.8 Å². The molecule has 4 nitrogen and oxygen atoms in total. The summed E-state index contributed by atoms with van der Waals surface area (Å²) >= 11 is 6.03. The standard InChI is InChI=1S/C13H15ClFNO3/c1-18-13(17)12-8-16(4-5-19-12)7-9-6-10(15)2-3-11(9)14/h2-3,6,12H,4-5,7-8H2,1H3/t12-/m1/s1. The van der Waals surface area contributed by atoms with Crippen molar-refractivity contribution in [3.63, 3.8) is 0 Å². The van der Waals surface area contributed by atoms with Crippen LogP contribution in [0.25, 0.3) is 0 Å². The van der Waals surface area contributed by atoms with Gasteiger partial charge in [0.05, 0.1) is 13.7 Å². The minimum absolute atomic E-state index is 0.322. The zero-order valence-corrected chi connectivity index (χ0v) is 11.3. The monoisotopic (exact) mass is 287 g/mol. The zero-order valence-electron chi connectivity index (χ0n) is 10.6. The predicted molar refractivity (Wildman–Crippen MR) is 68.4 cm³/mol. The van der Waals surface area contributed by atoms with E-state index in [9.17, 15) is 9.18 Å². The third-order valence-electron chi connectivity index (χ3n) is 3.02. The molecule has 1 heterocycles. The third kappa shape index (κ3) is 3.65. The molecule has 0 aromatic heterocycles. The number of morpholine rings is 1. The predicted octanol–water partition coefficient (Wildman–Crippen LogP) is 1.85. The van der Waals surface area contributed by atoms with Gasteiger partial charge in [-0.05, 0) is 23.8 Å². The number of methoxy groups -OCH3 is 1. The lowest BCUT2D eigenvalue weighted by Crippen LogP contribution is -2.46. The van der Waals surface area contributed by atoms with Crippen molar-refractivity contribution in [2.75, 3.05) is 26.8 Å². The molecule has 1 fully saturated rings. The molecule has 1 atom stereocenters. The van der Waals surface area contributed by atoms with E-state index in [1.54, 1.807) is 0 Å². The van der Waals surface area contributed by atoms with Gasteiger partial charge in [-0.1, -0.05) is 11.6 Å². The Labute approximate surface area is 116 Å². The fraction of sp³-hybridized carbons (Fsp3) is 0.462. The molecule has 0 radical (unpaired) electrons. The average molecular weight is 288 g/mol. The molecule has 0 aliphatic carbocycles. The number of hydrogen-bond donors (Lipinski definition) is 0. The number of nitrogens with zero attached hydrogens (tertiary/aromatic N) is 1. The SMILES string of the molecule is COC(=O)[C@H]1CN(Cc2cc(F)ccc2Cl)CCO1. The van der Waals surface area contributed by atoms with Gasteiger partial charge in [0, 0.05) is 24.7 Å². The maximum atomic E-state index is 13.2. The van der Waals surface area contributed by atoms with Crippen LogP contribution >= 0.6 is 11.6 Å². The Morgan fingerprint density at radius 1 is 1.63 bits per heavy atom. The first-order valence-electron chi connectivity index (χ1n) is 5.96. The summed E-state index contributed by atoms with van der Waals surface area (Å²) in [7, 11) is 1.33. The lowest BCUT2D eigenvalue weighted by Gasteiger charge is -2.31. The van der Waals surface area contributed by atoms with Gasteiger partial charge in [0.1, 0.15) is 5.82 Å². The summed E-state index contributed by atoms with van der Waals surface area (Å²) in [4.78, 5) is 13.4. The Morgan fingerprint density at radius 3 is 3.16 bits per heavy atom. The molecule has 1 aromatic rings. The average Bonchev–Trinajstić information content (AvgIpc) is 2.42. The van der Waals surface area contributed by atoms with Crippen LogP contribution in [0.4, 0.5) is 4.39 Å². The number of ether oxygens (including phenoxy) is 2. The topological polar surface area (TPSA) is 38.8 Å². The molecule has 1 aliphatic heterocycles. The maximum absolute atomic E-state index is 13.2. The van der Waals surface area contributed by atoms with E-state index >= 15 is 0 Å². The van der Waals surface area contributed by atoms with E-state index in [1.807, 2.05) is 4.90 Å². The van der Waals surface area contributed by atoms with Crippen molar-refractivity contribution < 1.29 is 18.7 Å². The van der Waals surface area contributed by atoms with E-state index in [0.717, 1.165) is 0 Å². The lowest BCUT2D eigenvalue weighted by atomic mass is 10.2. The molecule has 1 saturated heterocycles. The summed E-state index contributed by atoms with van der Waals surface area (Å²) < 4.78 is 23.2. The number of rotatable bonds is 3. The number of halogens is 2. The second kappa shape index (κ2) is 6.32. The molecule has 0 N–H and O–H groups in total. The van der Waals surface area contributed by atoms with Gasteiger partial charge < -0.3 is 9.47 Å². The fourth-order valence-electron chi connectivity index (χ4n) is 2.03. The van der Waals surface area contributed by atoms with Crippen molar-refractivity contribution >= 4 is 17.6 Å². The van der Waals surface area contributed by atoms with E-state index < -0.39 is 12.1 Å². The van der Waals surface area contributed by atoms with Crippen molar-refractivity contribution in [3.8, 4) is 0 Å². The van der Waals surface area contributed by atoms with Crippen LogP contribution in [0, 0.1) is 5.82 Å². The van der Waals surface area contributed by atoms with Gasteiger partial charge >= 0.3 is 5.97 Å². The Morgan fingerprint density at radius 2 is 2.42 bits per heavy atom. The quantitative estimate of drug-likeness (QED) is 0.796. The zero-order chi connectivity index (χ0) is 13.8. The highest BCUT2D eigenvalue weighted by Crippen LogP contribution is 2.20. The second-order valence-corrected chi connectivity index (χ2v) is 4.76. The Bertz CT molecular complexity index is 469. The minimum Gasteiger partial charge on any atom is -0.467 e. The van der Waals surface area contributed by atoms with Crippen molar-refractivity contribution in [3.05, 3.63) is 34.6 Å². The van der Waals surface area contributed by atoms with Crippen LogP contribution in [0.15, 0.2) is 18.2 Å². The molecule has 0 amide bonds. The normalized spacial score (nSPS) is 20.3. The van der Waals surface area contributed by atoms with Crippen molar-refractivity contribution in [1.29, 1.82) is 0 Å². The summed E-state index contributed by atoms with van der Waals surface area (Å²) in [5.74, 6) is -0.716. The molecule has 1 aromatic carbocycles. The molecule has 1 aliphatic rings. The summed E-state index contributed by atoms with van der Waals surface area (Å²) in [6, 6.07) is 4.26. The first kappa shape index (κ1) is 14.2. The molecule has 104 valence electrons. The lowest BCUT2D eigenvalue weighted by molar-refractivity contribution is -0.160. The molecule has 6 heteroatoms. The van der Waals surface area contributed by atoms with Gasteiger partial charge in [-0.3, -0.25) is 4.90 Å². The number of carbonyl (C=O) groups excluding carboxylic acids is 1. The molecule has 0 saturated carbocycles. The molecule has 2 rings (SSSR count). The second-order valence-electron chi connectivity index (χ2n) is 4.35. The number of benzene rings is 1. The van der Waals surface area contributed by atoms with Gasteiger partial charge in [0.2, 0.25) is 0 Å². The number of esters is 1. The van der Waals surface area contributed by atoms with Crippen LogP contribution in [0.1, 0.15) is 5.56 Å². The highest BCUT2D eigenvalue weighted by molar-refractivity contribution is 6.31. The van der Waals surface area contributed by atoms with Crippen LogP contribution in [0.2, 0.25) is 5.02 Å². The summed E-state index contributed by atoms with van der Waals surface area (Å²) in [6.45, 7) is 2.00. The molecular weight excluding hydrogens is 273 g/mol. The van der Waals surface area contributed by atoms with E-state index in [4.69, 9.17) is 16.3 Å². The van der Waals surface area contributed by atoms with Gasteiger partial charge in [-0.15, -0.1) is 0 Å². The van der Waals surface area contributed by atoms with E-state index in [1.165, 1.54) is 25.3 Å². The van der Waals surface area contributed by atoms with Crippen LogP contribution in [-0.4, -0.2) is 43.8 Å². The third-order valence-corrected chi connectivity index (χ3v) is 3.39. The summed E-state index contributed by atoms with van der Waals surface area (Å²) in [5, 5.41) is 0.516. The van der Waals surface area contributed by atoms with Crippen molar-refractivity contribution in [2.45, 2.75) is 12.6 Å². The highest BCUT2D eigenvalue weighted by Gasteiger charge is 2.27. The van der Waals surface area contributed by atoms with Gasteiger partial charge in [0.15, 0.2) is 6.10 Å². The van der Waals surface area contributed by atoms with Crippen LogP contribution < -0.4 is 0 Å². The Kier molecular flexibility index (Phi) is 4.74. The van der Waals surface area contributed by atoms with Crippen LogP contribution in [0.5, 0.6) is 0 Å². The number of hydrogen-bond acceptors (Lipinski definition) is 4. The molecular formula is C13H15ClFNO3. The highest BCUT2D eigenvalue weighted by atomic mass is 35.5. The van der Waals surface area contributed by atoms with E-state index in [2.05, 4.69) is 4.74 Å². The van der Waals surface area contributed by atoms with Gasteiger partial charge in [-0.25, -0.2) is 9.18 Å². The molecule has 19 heavy (non-hydrogen) atoms. The van der Waals surface area contributed by atoms with Crippen molar-refractivity contribution in [1.82, 2.24) is 4.90 Å². The summed E-state index contributed by atoms with van der Waals surface area (Å²) in [5.41, 5.74) is 0.701. The van der Waals surface area contributed by atoms with Crippen LogP contribution in [0.3, 0.4) is 0 Å². The van der Waals surface area contributed by atoms with E-state index in [-0.39, 0.29) is 5.82 Å². The van der Waals surface area contributed by atoms with Crippen molar-refractivity contribution in [2.24, 2.45) is 0 Å². The van der Waals surface area contributed by atoms with Gasteiger partial charge in [0.25, 0.3) is 0 Å². The van der Waals surface area contributed by atoms with E-state index in [0.29, 0.717) is 36.8 Å². The fourth-order valence-corrected chi connectivity index (χ4v) is 2.20.